The molecular weight excluding hydrogens is 266 g/mol. The molecule has 0 aliphatic rings. The number of rotatable bonds is 4. The van der Waals surface area contributed by atoms with Gasteiger partial charge in [-0.05, 0) is 36.2 Å². The van der Waals surface area contributed by atoms with Gasteiger partial charge in [-0.2, -0.15) is 4.98 Å². The van der Waals surface area contributed by atoms with Crippen molar-refractivity contribution >= 4 is 0 Å². The lowest BCUT2D eigenvalue weighted by molar-refractivity contribution is 0.354. The third-order valence-corrected chi connectivity index (χ3v) is 3.18. The zero-order valence-electron chi connectivity index (χ0n) is 11.3. The number of aromatic hydroxyl groups is 1. The molecule has 0 radical (unpaired) electrons. The van der Waals surface area contributed by atoms with Gasteiger partial charge >= 0.3 is 0 Å². The Hall–Kier alpha value is -2.66. The van der Waals surface area contributed by atoms with E-state index in [1.807, 2.05) is 30.3 Å². The maximum atomic E-state index is 9.28. The molecule has 2 aromatic carbocycles. The van der Waals surface area contributed by atoms with Crippen molar-refractivity contribution in [3.63, 3.8) is 0 Å². The fourth-order valence-corrected chi connectivity index (χ4v) is 2.07. The van der Waals surface area contributed by atoms with Gasteiger partial charge in [0.2, 0.25) is 11.7 Å². The van der Waals surface area contributed by atoms with Gasteiger partial charge in [0.05, 0.1) is 6.04 Å². The smallest absolute Gasteiger partial charge is 0.244 e. The van der Waals surface area contributed by atoms with Crippen molar-refractivity contribution in [1.82, 2.24) is 10.1 Å². The second kappa shape index (κ2) is 5.76. The van der Waals surface area contributed by atoms with Crippen LogP contribution in [0.3, 0.4) is 0 Å². The van der Waals surface area contributed by atoms with Crippen LogP contribution in [-0.4, -0.2) is 15.2 Å². The molecule has 0 bridgehead atoms. The number of phenols is 1. The van der Waals surface area contributed by atoms with E-state index in [4.69, 9.17) is 10.3 Å². The summed E-state index contributed by atoms with van der Waals surface area (Å²) in [6.45, 7) is 0. The fourth-order valence-electron chi connectivity index (χ4n) is 2.07. The Morgan fingerprint density at radius 3 is 2.48 bits per heavy atom. The molecule has 3 N–H and O–H groups in total. The highest BCUT2D eigenvalue weighted by Gasteiger charge is 2.16. The molecule has 5 heteroatoms. The summed E-state index contributed by atoms with van der Waals surface area (Å²) in [4.78, 5) is 4.32. The van der Waals surface area contributed by atoms with Gasteiger partial charge in [-0.1, -0.05) is 35.5 Å². The first-order valence-corrected chi connectivity index (χ1v) is 6.65. The molecule has 3 rings (SSSR count). The number of hydrogen-bond acceptors (Lipinski definition) is 5. The SMILES string of the molecule is N[C@H](Cc1ccccc1)c1nc(-c2ccc(O)cc2)no1. The molecule has 0 unspecified atom stereocenters. The zero-order chi connectivity index (χ0) is 14.7. The quantitative estimate of drug-likeness (QED) is 0.768. The van der Waals surface area contributed by atoms with Crippen LogP contribution in [0.1, 0.15) is 17.5 Å². The Labute approximate surface area is 122 Å². The monoisotopic (exact) mass is 281 g/mol. The average Bonchev–Trinajstić information content (AvgIpc) is 2.99. The number of nitrogens with zero attached hydrogens (tertiary/aromatic N) is 2. The summed E-state index contributed by atoms with van der Waals surface area (Å²) in [5, 5.41) is 13.2. The molecule has 0 spiro atoms. The van der Waals surface area contributed by atoms with Crippen molar-refractivity contribution in [2.45, 2.75) is 12.5 Å². The van der Waals surface area contributed by atoms with E-state index < -0.39 is 0 Å². The topological polar surface area (TPSA) is 85.2 Å². The second-order valence-corrected chi connectivity index (χ2v) is 4.80. The molecule has 0 saturated carbocycles. The van der Waals surface area contributed by atoms with Crippen molar-refractivity contribution in [3.05, 3.63) is 66.1 Å². The molecule has 106 valence electrons. The maximum Gasteiger partial charge on any atom is 0.244 e. The van der Waals surface area contributed by atoms with Crippen molar-refractivity contribution < 1.29 is 9.63 Å². The predicted molar refractivity (Wildman–Crippen MR) is 78.5 cm³/mol. The maximum absolute atomic E-state index is 9.28. The van der Waals surface area contributed by atoms with Gasteiger partial charge in [-0.15, -0.1) is 0 Å². The van der Waals surface area contributed by atoms with Gasteiger partial charge in [0, 0.05) is 5.56 Å². The molecule has 1 aromatic heterocycles. The van der Waals surface area contributed by atoms with E-state index in [1.165, 1.54) is 0 Å². The predicted octanol–water partition coefficient (Wildman–Crippen LogP) is 2.68. The molecule has 0 fully saturated rings. The molecular formula is C16H15N3O2. The molecule has 5 nitrogen and oxygen atoms in total. The molecule has 3 aromatic rings. The lowest BCUT2D eigenvalue weighted by Crippen LogP contribution is -2.13. The minimum Gasteiger partial charge on any atom is -0.508 e. The summed E-state index contributed by atoms with van der Waals surface area (Å²) in [5.74, 6) is 1.07. The van der Waals surface area contributed by atoms with Crippen molar-refractivity contribution in [1.29, 1.82) is 0 Å². The van der Waals surface area contributed by atoms with Gasteiger partial charge in [0.15, 0.2) is 0 Å². The van der Waals surface area contributed by atoms with Gasteiger partial charge < -0.3 is 15.4 Å². The number of aromatic nitrogens is 2. The van der Waals surface area contributed by atoms with Crippen LogP contribution in [0.2, 0.25) is 0 Å². The highest BCUT2D eigenvalue weighted by atomic mass is 16.5. The second-order valence-electron chi connectivity index (χ2n) is 4.80. The molecule has 0 aliphatic carbocycles. The third kappa shape index (κ3) is 3.09. The first-order valence-electron chi connectivity index (χ1n) is 6.65. The molecule has 0 aliphatic heterocycles. The first kappa shape index (κ1) is 13.3. The number of nitrogens with two attached hydrogens (primary N) is 1. The molecule has 21 heavy (non-hydrogen) atoms. The summed E-state index contributed by atoms with van der Waals surface area (Å²) in [6.07, 6.45) is 0.637. The Morgan fingerprint density at radius 1 is 1.05 bits per heavy atom. The van der Waals surface area contributed by atoms with E-state index in [2.05, 4.69) is 10.1 Å². The Bertz CT molecular complexity index is 708. The zero-order valence-corrected chi connectivity index (χ0v) is 11.3. The van der Waals surface area contributed by atoms with Gasteiger partial charge in [-0.25, -0.2) is 0 Å². The normalized spacial score (nSPS) is 12.2. The van der Waals surface area contributed by atoms with E-state index in [0.717, 1.165) is 11.1 Å². The van der Waals surface area contributed by atoms with Crippen molar-refractivity contribution in [2.75, 3.05) is 0 Å². The Kier molecular flexibility index (Phi) is 3.66. The van der Waals surface area contributed by atoms with Crippen LogP contribution in [-0.2, 0) is 6.42 Å². The van der Waals surface area contributed by atoms with E-state index in [1.54, 1.807) is 24.3 Å². The molecule has 1 heterocycles. The Balaban J connectivity index is 1.76. The molecule has 0 saturated heterocycles. The summed E-state index contributed by atoms with van der Waals surface area (Å²) < 4.78 is 5.23. The molecule has 0 amide bonds. The van der Waals surface area contributed by atoms with Crippen LogP contribution in [0, 0.1) is 0 Å². The standard InChI is InChI=1S/C16H15N3O2/c17-14(10-11-4-2-1-3-5-11)16-18-15(19-21-16)12-6-8-13(20)9-7-12/h1-9,14,20H,10,17H2/t14-/m1/s1. The largest absolute Gasteiger partial charge is 0.508 e. The minimum absolute atomic E-state index is 0.197. The van der Waals surface area contributed by atoms with Crippen LogP contribution >= 0.6 is 0 Å². The summed E-state index contributed by atoms with van der Waals surface area (Å²) in [7, 11) is 0. The van der Waals surface area contributed by atoms with Crippen LogP contribution < -0.4 is 5.73 Å². The van der Waals surface area contributed by atoms with E-state index in [9.17, 15) is 5.11 Å². The van der Waals surface area contributed by atoms with Crippen LogP contribution in [0.25, 0.3) is 11.4 Å². The lowest BCUT2D eigenvalue weighted by atomic mass is 10.1. The van der Waals surface area contributed by atoms with Crippen LogP contribution in [0.5, 0.6) is 5.75 Å². The van der Waals surface area contributed by atoms with Crippen LogP contribution in [0.15, 0.2) is 59.1 Å². The highest BCUT2D eigenvalue weighted by molar-refractivity contribution is 5.55. The van der Waals surface area contributed by atoms with Crippen molar-refractivity contribution in [3.8, 4) is 17.1 Å². The Morgan fingerprint density at radius 2 is 1.76 bits per heavy atom. The number of hydrogen-bond donors (Lipinski definition) is 2. The summed E-state index contributed by atoms with van der Waals surface area (Å²) >= 11 is 0. The average molecular weight is 281 g/mol. The van der Waals surface area contributed by atoms with E-state index in [0.29, 0.717) is 18.1 Å². The first-order chi connectivity index (χ1) is 10.2. The van der Waals surface area contributed by atoms with Gasteiger partial charge in [-0.3, -0.25) is 0 Å². The van der Waals surface area contributed by atoms with Crippen LogP contribution in [0.4, 0.5) is 0 Å². The summed E-state index contributed by atoms with van der Waals surface area (Å²) in [6, 6.07) is 16.2. The van der Waals surface area contributed by atoms with E-state index in [-0.39, 0.29) is 11.8 Å². The van der Waals surface area contributed by atoms with Gasteiger partial charge in [0.1, 0.15) is 5.75 Å². The fraction of sp³-hybridized carbons (Fsp3) is 0.125. The van der Waals surface area contributed by atoms with Crippen molar-refractivity contribution in [2.24, 2.45) is 5.73 Å². The highest BCUT2D eigenvalue weighted by Crippen LogP contribution is 2.21. The number of phenolic OH excluding ortho intramolecular Hbond substituents is 1. The molecule has 1 atom stereocenters. The number of benzene rings is 2. The minimum atomic E-state index is -0.342. The van der Waals surface area contributed by atoms with Gasteiger partial charge in [0.25, 0.3) is 0 Å². The lowest BCUT2D eigenvalue weighted by Gasteiger charge is -2.05. The summed E-state index contributed by atoms with van der Waals surface area (Å²) in [5.41, 5.74) is 8.00. The van der Waals surface area contributed by atoms with E-state index >= 15 is 0 Å². The third-order valence-electron chi connectivity index (χ3n) is 3.18.